The van der Waals surface area contributed by atoms with Crippen LogP contribution in [-0.2, 0) is 0 Å². The van der Waals surface area contributed by atoms with Gasteiger partial charge in [-0.25, -0.2) is 0 Å². The molecular formula is C9H17NO. The standard InChI is InChI=1S/C9H17NO/c1-8(2)5-6(11)7-9(3,4)10(7)8/h6-7,11H,5H2,1-4H3. The van der Waals surface area contributed by atoms with Crippen molar-refractivity contribution in [2.75, 3.05) is 0 Å². The van der Waals surface area contributed by atoms with Crippen LogP contribution < -0.4 is 0 Å². The normalized spacial score (nSPS) is 50.5. The quantitative estimate of drug-likeness (QED) is 0.527. The van der Waals surface area contributed by atoms with Crippen LogP contribution in [0.5, 0.6) is 0 Å². The van der Waals surface area contributed by atoms with Crippen LogP contribution in [-0.4, -0.2) is 33.2 Å². The van der Waals surface area contributed by atoms with E-state index in [2.05, 4.69) is 32.6 Å². The number of hydrogen-bond acceptors (Lipinski definition) is 2. The van der Waals surface area contributed by atoms with E-state index in [-0.39, 0.29) is 17.2 Å². The van der Waals surface area contributed by atoms with Crippen molar-refractivity contribution in [2.24, 2.45) is 0 Å². The second-order valence-corrected chi connectivity index (χ2v) is 5.05. The summed E-state index contributed by atoms with van der Waals surface area (Å²) in [6.07, 6.45) is 0.834. The van der Waals surface area contributed by atoms with E-state index in [0.717, 1.165) is 6.42 Å². The first-order chi connectivity index (χ1) is 4.87. The largest absolute Gasteiger partial charge is 0.391 e. The van der Waals surface area contributed by atoms with Gasteiger partial charge in [-0.2, -0.15) is 0 Å². The maximum atomic E-state index is 9.67. The molecule has 0 aliphatic carbocycles. The van der Waals surface area contributed by atoms with Gasteiger partial charge >= 0.3 is 0 Å². The summed E-state index contributed by atoms with van der Waals surface area (Å²) >= 11 is 0. The number of nitrogens with zero attached hydrogens (tertiary/aromatic N) is 1. The van der Waals surface area contributed by atoms with Gasteiger partial charge in [0.05, 0.1) is 12.1 Å². The summed E-state index contributed by atoms with van der Waals surface area (Å²) in [6, 6.07) is 0.428. The SMILES string of the molecule is CC1(C)CC(O)C2N1C2(C)C. The van der Waals surface area contributed by atoms with Gasteiger partial charge in [0.15, 0.2) is 0 Å². The predicted molar refractivity (Wildman–Crippen MR) is 44.4 cm³/mol. The number of hydrogen-bond donors (Lipinski definition) is 1. The fourth-order valence-electron chi connectivity index (χ4n) is 3.04. The number of aliphatic hydroxyl groups excluding tert-OH is 1. The zero-order valence-electron chi connectivity index (χ0n) is 7.76. The van der Waals surface area contributed by atoms with E-state index in [0.29, 0.717) is 6.04 Å². The molecule has 2 heterocycles. The summed E-state index contributed by atoms with van der Waals surface area (Å²) in [4.78, 5) is 2.42. The van der Waals surface area contributed by atoms with Crippen LogP contribution >= 0.6 is 0 Å². The van der Waals surface area contributed by atoms with Crippen LogP contribution in [0.4, 0.5) is 0 Å². The summed E-state index contributed by atoms with van der Waals surface area (Å²) in [6.45, 7) is 8.85. The average Bonchev–Trinajstić information content (AvgIpc) is 2.22. The zero-order valence-corrected chi connectivity index (χ0v) is 7.76. The molecule has 2 rings (SSSR count). The molecule has 3 atom stereocenters. The van der Waals surface area contributed by atoms with E-state index < -0.39 is 0 Å². The van der Waals surface area contributed by atoms with Gasteiger partial charge in [-0.1, -0.05) is 0 Å². The molecule has 0 spiro atoms. The van der Waals surface area contributed by atoms with E-state index >= 15 is 0 Å². The summed E-state index contributed by atoms with van der Waals surface area (Å²) in [5.41, 5.74) is 0.467. The molecule has 2 heteroatoms. The van der Waals surface area contributed by atoms with E-state index in [1.54, 1.807) is 0 Å². The number of fused-ring (bicyclic) bond motifs is 1. The molecule has 2 aliphatic heterocycles. The zero-order chi connectivity index (χ0) is 8.44. The molecule has 0 aromatic carbocycles. The Hall–Kier alpha value is -0.0800. The minimum atomic E-state index is -0.0972. The maximum absolute atomic E-state index is 9.67. The van der Waals surface area contributed by atoms with Gasteiger partial charge in [0.25, 0.3) is 0 Å². The third-order valence-corrected chi connectivity index (χ3v) is 3.28. The van der Waals surface area contributed by atoms with E-state index in [4.69, 9.17) is 0 Å². The highest BCUT2D eigenvalue weighted by Crippen LogP contribution is 2.55. The topological polar surface area (TPSA) is 23.2 Å². The molecular weight excluding hydrogens is 138 g/mol. The predicted octanol–water partition coefficient (Wildman–Crippen LogP) is 0.992. The average molecular weight is 155 g/mol. The molecule has 0 bridgehead atoms. The number of piperidine rings is 1. The van der Waals surface area contributed by atoms with Crippen molar-refractivity contribution in [3.05, 3.63) is 0 Å². The summed E-state index contributed by atoms with van der Waals surface area (Å²) in [7, 11) is 0. The van der Waals surface area contributed by atoms with Gasteiger partial charge in [-0.3, -0.25) is 4.90 Å². The Bertz CT molecular complexity index is 198. The minimum Gasteiger partial charge on any atom is -0.391 e. The Labute approximate surface area is 68.2 Å². The van der Waals surface area contributed by atoms with Crippen molar-refractivity contribution in [1.29, 1.82) is 0 Å². The van der Waals surface area contributed by atoms with Crippen molar-refractivity contribution in [3.8, 4) is 0 Å². The Balaban J connectivity index is 2.26. The van der Waals surface area contributed by atoms with Crippen LogP contribution in [0.2, 0.25) is 0 Å². The van der Waals surface area contributed by atoms with Crippen LogP contribution in [0.1, 0.15) is 34.1 Å². The number of rotatable bonds is 0. The fourth-order valence-corrected chi connectivity index (χ4v) is 3.04. The molecule has 0 amide bonds. The van der Waals surface area contributed by atoms with Crippen LogP contribution in [0.25, 0.3) is 0 Å². The molecule has 0 saturated carbocycles. The van der Waals surface area contributed by atoms with Crippen molar-refractivity contribution in [3.63, 3.8) is 0 Å². The smallest absolute Gasteiger partial charge is 0.0731 e. The molecule has 0 aromatic rings. The molecule has 0 aromatic heterocycles. The van der Waals surface area contributed by atoms with Crippen molar-refractivity contribution >= 4 is 0 Å². The third kappa shape index (κ3) is 0.744. The Morgan fingerprint density at radius 3 is 2.00 bits per heavy atom. The first-order valence-corrected chi connectivity index (χ1v) is 4.35. The maximum Gasteiger partial charge on any atom is 0.0731 e. The summed E-state index contributed by atoms with van der Waals surface area (Å²) in [5, 5.41) is 9.67. The summed E-state index contributed by atoms with van der Waals surface area (Å²) < 4.78 is 0. The lowest BCUT2D eigenvalue weighted by molar-refractivity contribution is 0.148. The second kappa shape index (κ2) is 1.64. The van der Waals surface area contributed by atoms with Crippen molar-refractivity contribution < 1.29 is 5.11 Å². The van der Waals surface area contributed by atoms with Gasteiger partial charge in [0, 0.05) is 11.1 Å². The van der Waals surface area contributed by atoms with Gasteiger partial charge in [0.2, 0.25) is 0 Å². The highest BCUT2D eigenvalue weighted by molar-refractivity contribution is 5.24. The molecule has 2 saturated heterocycles. The van der Waals surface area contributed by atoms with E-state index in [1.807, 2.05) is 0 Å². The molecule has 0 radical (unpaired) electrons. The van der Waals surface area contributed by atoms with Crippen LogP contribution in [0.15, 0.2) is 0 Å². The molecule has 2 aliphatic rings. The highest BCUT2D eigenvalue weighted by atomic mass is 16.3. The monoisotopic (exact) mass is 155 g/mol. The minimum absolute atomic E-state index is 0.0972. The Morgan fingerprint density at radius 2 is 1.82 bits per heavy atom. The van der Waals surface area contributed by atoms with Crippen molar-refractivity contribution in [2.45, 2.75) is 57.3 Å². The van der Waals surface area contributed by atoms with Crippen LogP contribution in [0.3, 0.4) is 0 Å². The molecule has 1 N–H and O–H groups in total. The van der Waals surface area contributed by atoms with E-state index in [9.17, 15) is 5.11 Å². The lowest BCUT2D eigenvalue weighted by Gasteiger charge is -2.27. The first-order valence-electron chi connectivity index (χ1n) is 4.35. The molecule has 2 nitrogen and oxygen atoms in total. The lowest BCUT2D eigenvalue weighted by Crippen LogP contribution is -2.35. The lowest BCUT2D eigenvalue weighted by atomic mass is 9.93. The molecule has 64 valence electrons. The Morgan fingerprint density at radius 1 is 1.27 bits per heavy atom. The molecule has 3 unspecified atom stereocenters. The van der Waals surface area contributed by atoms with Gasteiger partial charge < -0.3 is 5.11 Å². The number of aliphatic hydroxyl groups is 1. The van der Waals surface area contributed by atoms with E-state index in [1.165, 1.54) is 0 Å². The summed E-state index contributed by atoms with van der Waals surface area (Å²) in [5.74, 6) is 0. The van der Waals surface area contributed by atoms with Gasteiger partial charge in [-0.15, -0.1) is 0 Å². The third-order valence-electron chi connectivity index (χ3n) is 3.28. The van der Waals surface area contributed by atoms with Gasteiger partial charge in [0.1, 0.15) is 0 Å². The van der Waals surface area contributed by atoms with Gasteiger partial charge in [-0.05, 0) is 34.1 Å². The van der Waals surface area contributed by atoms with Crippen LogP contribution in [0, 0.1) is 0 Å². The second-order valence-electron chi connectivity index (χ2n) is 5.05. The first kappa shape index (κ1) is 7.56. The molecule has 11 heavy (non-hydrogen) atoms. The highest BCUT2D eigenvalue weighted by Gasteiger charge is 2.68. The fraction of sp³-hybridized carbons (Fsp3) is 1.00. The molecule has 2 fully saturated rings. The Kier molecular flexibility index (Phi) is 1.13. The van der Waals surface area contributed by atoms with Crippen molar-refractivity contribution in [1.82, 2.24) is 4.90 Å².